The van der Waals surface area contributed by atoms with Gasteiger partial charge in [0.1, 0.15) is 0 Å². The van der Waals surface area contributed by atoms with E-state index in [1.54, 1.807) is 24.7 Å². The van der Waals surface area contributed by atoms with E-state index in [9.17, 15) is 16.8 Å². The maximum absolute atomic E-state index is 11.8. The Kier molecular flexibility index (Phi) is 4.25. The Balaban J connectivity index is 3.58. The Labute approximate surface area is 113 Å². The summed E-state index contributed by atoms with van der Waals surface area (Å²) < 4.78 is 47.6. The number of rotatable bonds is 4. The molecule has 0 amide bonds. The second-order valence-corrected chi connectivity index (χ2v) is 7.95. The van der Waals surface area contributed by atoms with Crippen LogP contribution in [0.5, 0.6) is 0 Å². The molecular formula is C10H17N3O4S2. The highest BCUT2D eigenvalue weighted by Crippen LogP contribution is 2.27. The average Bonchev–Trinajstić information content (AvgIpc) is 2.26. The van der Waals surface area contributed by atoms with E-state index in [2.05, 4.69) is 0 Å². The van der Waals surface area contributed by atoms with Crippen molar-refractivity contribution in [2.75, 3.05) is 17.6 Å². The first kappa shape index (κ1) is 15.9. The lowest BCUT2D eigenvalue weighted by Crippen LogP contribution is -2.31. The predicted octanol–water partition coefficient (Wildman–Crippen LogP) is -0.149. The average molecular weight is 307 g/mol. The molecule has 0 aliphatic heterocycles. The normalized spacial score (nSPS) is 12.5. The molecule has 3 N–H and O–H groups in total. The van der Waals surface area contributed by atoms with Crippen molar-refractivity contribution in [3.63, 3.8) is 0 Å². The molecule has 1 rings (SSSR count). The predicted molar refractivity (Wildman–Crippen MR) is 73.7 cm³/mol. The Morgan fingerprint density at radius 2 is 1.63 bits per heavy atom. The summed E-state index contributed by atoms with van der Waals surface area (Å²) in [4.78, 5) is 1.68. The SMILES string of the molecule is Cc1cc(C)c(S(=O)(=O)NN)cc1N(C)S(C)(=O)=O. The molecule has 0 atom stereocenters. The van der Waals surface area contributed by atoms with Crippen LogP contribution in [-0.4, -0.2) is 30.1 Å². The molecule has 1 aromatic carbocycles. The van der Waals surface area contributed by atoms with E-state index in [-0.39, 0.29) is 4.90 Å². The summed E-state index contributed by atoms with van der Waals surface area (Å²) in [5.41, 5.74) is 1.43. The molecule has 0 heterocycles. The van der Waals surface area contributed by atoms with Crippen LogP contribution >= 0.6 is 0 Å². The fourth-order valence-electron chi connectivity index (χ4n) is 1.69. The number of sulfonamides is 2. The minimum atomic E-state index is -3.84. The van der Waals surface area contributed by atoms with Crippen molar-refractivity contribution in [3.8, 4) is 0 Å². The molecule has 0 bridgehead atoms. The van der Waals surface area contributed by atoms with E-state index in [0.29, 0.717) is 16.8 Å². The van der Waals surface area contributed by atoms with E-state index >= 15 is 0 Å². The zero-order valence-corrected chi connectivity index (χ0v) is 12.8. The molecule has 0 unspecified atom stereocenters. The summed E-state index contributed by atoms with van der Waals surface area (Å²) in [6.07, 6.45) is 1.04. The number of hydrogen-bond donors (Lipinski definition) is 2. The van der Waals surface area contributed by atoms with E-state index in [4.69, 9.17) is 5.84 Å². The quantitative estimate of drug-likeness (QED) is 0.594. The molecule has 0 radical (unpaired) electrons. The fourth-order valence-corrected chi connectivity index (χ4v) is 3.12. The number of nitrogens with one attached hydrogen (secondary N) is 1. The van der Waals surface area contributed by atoms with Crippen molar-refractivity contribution < 1.29 is 16.8 Å². The Morgan fingerprint density at radius 1 is 1.11 bits per heavy atom. The molecule has 0 saturated heterocycles. The lowest BCUT2D eigenvalue weighted by molar-refractivity contribution is 0.583. The summed E-state index contributed by atoms with van der Waals surface area (Å²) in [6, 6.07) is 2.89. The van der Waals surface area contributed by atoms with Crippen molar-refractivity contribution in [3.05, 3.63) is 23.3 Å². The molecule has 7 nitrogen and oxygen atoms in total. The van der Waals surface area contributed by atoms with Crippen molar-refractivity contribution in [2.45, 2.75) is 18.7 Å². The van der Waals surface area contributed by atoms with Crippen LogP contribution in [0.2, 0.25) is 0 Å². The maximum atomic E-state index is 11.8. The number of hydrogen-bond acceptors (Lipinski definition) is 5. The Morgan fingerprint density at radius 3 is 2.05 bits per heavy atom. The first-order valence-electron chi connectivity index (χ1n) is 5.28. The van der Waals surface area contributed by atoms with Crippen LogP contribution in [0.15, 0.2) is 17.0 Å². The molecule has 9 heteroatoms. The van der Waals surface area contributed by atoms with Crippen LogP contribution in [0.3, 0.4) is 0 Å². The van der Waals surface area contributed by atoms with Gasteiger partial charge in [-0.1, -0.05) is 6.07 Å². The standard InChI is InChI=1S/C10H17N3O4S2/c1-7-5-8(2)10(19(16,17)12-11)6-9(7)13(3)18(4,14)15/h5-6,12H,11H2,1-4H3. The molecule has 0 aliphatic carbocycles. The van der Waals surface area contributed by atoms with Gasteiger partial charge in [0.05, 0.1) is 16.8 Å². The fraction of sp³-hybridized carbons (Fsp3) is 0.400. The van der Waals surface area contributed by atoms with Gasteiger partial charge in [-0.15, -0.1) is 0 Å². The number of aryl methyl sites for hydroxylation is 2. The van der Waals surface area contributed by atoms with Gasteiger partial charge in [-0.2, -0.15) is 4.83 Å². The van der Waals surface area contributed by atoms with Crippen molar-refractivity contribution in [1.29, 1.82) is 0 Å². The smallest absolute Gasteiger partial charge is 0.253 e. The number of hydrazine groups is 1. The zero-order valence-electron chi connectivity index (χ0n) is 11.1. The third kappa shape index (κ3) is 3.24. The minimum Gasteiger partial charge on any atom is -0.273 e. The van der Waals surface area contributed by atoms with Gasteiger partial charge in [0.25, 0.3) is 10.0 Å². The third-order valence-electron chi connectivity index (χ3n) is 2.77. The van der Waals surface area contributed by atoms with Crippen LogP contribution < -0.4 is 15.0 Å². The summed E-state index contributed by atoms with van der Waals surface area (Å²) in [5.74, 6) is 4.99. The number of anilines is 1. The molecule has 0 spiro atoms. The van der Waals surface area contributed by atoms with Crippen LogP contribution in [-0.2, 0) is 20.0 Å². The van der Waals surface area contributed by atoms with Gasteiger partial charge in [-0.25, -0.2) is 16.8 Å². The molecule has 0 fully saturated rings. The largest absolute Gasteiger partial charge is 0.273 e. The summed E-state index contributed by atoms with van der Waals surface area (Å²) >= 11 is 0. The molecular weight excluding hydrogens is 290 g/mol. The van der Waals surface area contributed by atoms with E-state index in [0.717, 1.165) is 10.6 Å². The highest BCUT2D eigenvalue weighted by Gasteiger charge is 2.21. The second kappa shape index (κ2) is 5.08. The van der Waals surface area contributed by atoms with Crippen LogP contribution in [0.4, 0.5) is 5.69 Å². The lowest BCUT2D eigenvalue weighted by Gasteiger charge is -2.21. The van der Waals surface area contributed by atoms with Crippen LogP contribution in [0.25, 0.3) is 0 Å². The van der Waals surface area contributed by atoms with Gasteiger partial charge in [0.2, 0.25) is 10.0 Å². The highest BCUT2D eigenvalue weighted by molar-refractivity contribution is 7.92. The first-order chi connectivity index (χ1) is 8.50. The van der Waals surface area contributed by atoms with E-state index < -0.39 is 20.0 Å². The molecule has 108 valence electrons. The van der Waals surface area contributed by atoms with Gasteiger partial charge < -0.3 is 0 Å². The van der Waals surface area contributed by atoms with Crippen LogP contribution in [0, 0.1) is 13.8 Å². The molecule has 0 aromatic heterocycles. The van der Waals surface area contributed by atoms with Gasteiger partial charge in [-0.3, -0.25) is 10.1 Å². The summed E-state index contributed by atoms with van der Waals surface area (Å²) in [5, 5.41) is 0. The van der Waals surface area contributed by atoms with Gasteiger partial charge >= 0.3 is 0 Å². The summed E-state index contributed by atoms with van der Waals surface area (Å²) in [7, 11) is -5.95. The second-order valence-electron chi connectivity index (χ2n) is 4.26. The number of nitrogens with two attached hydrogens (primary N) is 1. The van der Waals surface area contributed by atoms with Crippen molar-refractivity contribution in [1.82, 2.24) is 4.83 Å². The van der Waals surface area contributed by atoms with E-state index in [1.807, 2.05) is 0 Å². The highest BCUT2D eigenvalue weighted by atomic mass is 32.2. The maximum Gasteiger partial charge on any atom is 0.253 e. The van der Waals surface area contributed by atoms with Gasteiger partial charge in [-0.05, 0) is 31.0 Å². The number of nitrogens with zero attached hydrogens (tertiary/aromatic N) is 1. The Hall–Kier alpha value is -1.16. The first-order valence-corrected chi connectivity index (χ1v) is 8.61. The monoisotopic (exact) mass is 307 g/mol. The minimum absolute atomic E-state index is 0.0499. The zero-order chi connectivity index (χ0) is 15.0. The summed E-state index contributed by atoms with van der Waals surface area (Å²) in [6.45, 7) is 3.32. The third-order valence-corrected chi connectivity index (χ3v) is 5.30. The number of benzene rings is 1. The van der Waals surface area contributed by atoms with Gasteiger partial charge in [0, 0.05) is 7.05 Å². The molecule has 19 heavy (non-hydrogen) atoms. The molecule has 0 aliphatic rings. The Bertz CT molecular complexity index is 696. The topological polar surface area (TPSA) is 110 Å². The molecule has 0 saturated carbocycles. The molecule has 1 aromatic rings. The lowest BCUT2D eigenvalue weighted by atomic mass is 10.1. The van der Waals surface area contributed by atoms with Crippen molar-refractivity contribution >= 4 is 25.7 Å². The van der Waals surface area contributed by atoms with Crippen LogP contribution in [0.1, 0.15) is 11.1 Å². The van der Waals surface area contributed by atoms with E-state index in [1.165, 1.54) is 13.1 Å². The van der Waals surface area contributed by atoms with Gasteiger partial charge in [0.15, 0.2) is 0 Å². The van der Waals surface area contributed by atoms with Crippen molar-refractivity contribution in [2.24, 2.45) is 5.84 Å².